The van der Waals surface area contributed by atoms with Crippen LogP contribution in [0.2, 0.25) is 0 Å². The monoisotopic (exact) mass is 439 g/mol. The summed E-state index contributed by atoms with van der Waals surface area (Å²) in [6, 6.07) is 6.87. The standard InChI is InChI=1S/C19H16F3N3O4S/c1-9-8-13(17(27)28-3)14-15(23-9)24-18(25-16(14)26)30-10(2)11-4-6-12(7-5-11)29-19(20,21)22/h4-8,10H,1-3H3,(H,23,24,25,26). The number of halogens is 3. The number of hydrogen-bond donors (Lipinski definition) is 1. The summed E-state index contributed by atoms with van der Waals surface area (Å²) in [4.78, 5) is 35.7. The Morgan fingerprint density at radius 1 is 1.20 bits per heavy atom. The summed E-state index contributed by atoms with van der Waals surface area (Å²) in [5, 5.41) is 0.0260. The van der Waals surface area contributed by atoms with E-state index in [1.54, 1.807) is 13.8 Å². The van der Waals surface area contributed by atoms with Gasteiger partial charge in [0, 0.05) is 10.9 Å². The number of aromatic nitrogens is 3. The summed E-state index contributed by atoms with van der Waals surface area (Å²) in [6.45, 7) is 3.47. The molecule has 0 aliphatic carbocycles. The molecule has 1 N–H and O–H groups in total. The maximum absolute atomic E-state index is 12.6. The first-order chi connectivity index (χ1) is 14.1. The third-order valence-electron chi connectivity index (χ3n) is 4.06. The van der Waals surface area contributed by atoms with E-state index in [0.717, 1.165) is 0 Å². The van der Waals surface area contributed by atoms with E-state index in [4.69, 9.17) is 4.74 Å². The fraction of sp³-hybridized carbons (Fsp3) is 0.263. The summed E-state index contributed by atoms with van der Waals surface area (Å²) in [5.41, 5.74) is 0.813. The predicted molar refractivity (Wildman–Crippen MR) is 104 cm³/mol. The molecule has 2 aromatic heterocycles. The van der Waals surface area contributed by atoms with Gasteiger partial charge in [-0.05, 0) is 37.6 Å². The van der Waals surface area contributed by atoms with E-state index in [1.165, 1.54) is 49.2 Å². The summed E-state index contributed by atoms with van der Waals surface area (Å²) in [5.74, 6) is -0.997. The second kappa shape index (κ2) is 8.34. The number of benzene rings is 1. The lowest BCUT2D eigenvalue weighted by Gasteiger charge is -2.13. The van der Waals surface area contributed by atoms with Gasteiger partial charge in [-0.25, -0.2) is 14.8 Å². The minimum absolute atomic E-state index is 0.0260. The van der Waals surface area contributed by atoms with Crippen LogP contribution in [0.3, 0.4) is 0 Å². The van der Waals surface area contributed by atoms with Gasteiger partial charge in [0.25, 0.3) is 5.56 Å². The van der Waals surface area contributed by atoms with Gasteiger partial charge in [-0.1, -0.05) is 23.9 Å². The lowest BCUT2D eigenvalue weighted by atomic mass is 10.1. The molecule has 0 aliphatic rings. The van der Waals surface area contributed by atoms with Crippen molar-refractivity contribution in [3.63, 3.8) is 0 Å². The number of alkyl halides is 3. The van der Waals surface area contributed by atoms with Crippen LogP contribution in [0.15, 0.2) is 40.3 Å². The first kappa shape index (κ1) is 21.6. The quantitative estimate of drug-likeness (QED) is 0.362. The topological polar surface area (TPSA) is 94.2 Å². The summed E-state index contributed by atoms with van der Waals surface area (Å²) in [6.07, 6.45) is -4.76. The molecule has 0 spiro atoms. The number of carbonyl (C=O) groups excluding carboxylic acids is 1. The van der Waals surface area contributed by atoms with E-state index in [9.17, 15) is 22.8 Å². The molecule has 0 aliphatic heterocycles. The van der Waals surface area contributed by atoms with Crippen LogP contribution < -0.4 is 10.3 Å². The van der Waals surface area contributed by atoms with Crippen molar-refractivity contribution in [3.8, 4) is 5.75 Å². The highest BCUT2D eigenvalue weighted by atomic mass is 32.2. The van der Waals surface area contributed by atoms with Crippen LogP contribution in [0.25, 0.3) is 11.0 Å². The molecule has 2 heterocycles. The average Bonchev–Trinajstić information content (AvgIpc) is 2.65. The molecule has 1 unspecified atom stereocenters. The highest BCUT2D eigenvalue weighted by molar-refractivity contribution is 7.99. The Balaban J connectivity index is 1.89. The Bertz CT molecular complexity index is 1150. The summed E-state index contributed by atoms with van der Waals surface area (Å²) in [7, 11) is 1.21. The minimum atomic E-state index is -4.76. The van der Waals surface area contributed by atoms with E-state index in [-0.39, 0.29) is 32.8 Å². The Kier molecular flexibility index (Phi) is 6.01. The SMILES string of the molecule is COC(=O)c1cc(C)nc2nc(SC(C)c3ccc(OC(F)(F)F)cc3)[nH]c(=O)c12. The number of fused-ring (bicyclic) bond motifs is 1. The molecule has 0 bridgehead atoms. The Morgan fingerprint density at radius 2 is 1.87 bits per heavy atom. The Morgan fingerprint density at radius 3 is 2.47 bits per heavy atom. The van der Waals surface area contributed by atoms with Crippen molar-refractivity contribution in [1.82, 2.24) is 15.0 Å². The third kappa shape index (κ3) is 4.90. The molecular weight excluding hydrogens is 423 g/mol. The number of pyridine rings is 1. The highest BCUT2D eigenvalue weighted by Gasteiger charge is 2.31. The van der Waals surface area contributed by atoms with Gasteiger partial charge in [0.05, 0.1) is 18.1 Å². The molecule has 0 saturated carbocycles. The summed E-state index contributed by atoms with van der Waals surface area (Å²) < 4.78 is 45.4. The number of methoxy groups -OCH3 is 1. The second-order valence-electron chi connectivity index (χ2n) is 6.25. The highest BCUT2D eigenvalue weighted by Crippen LogP contribution is 2.34. The van der Waals surface area contributed by atoms with Crippen LogP contribution in [0.1, 0.15) is 33.8 Å². The summed E-state index contributed by atoms with van der Waals surface area (Å²) >= 11 is 1.18. The van der Waals surface area contributed by atoms with Gasteiger partial charge in [-0.3, -0.25) is 4.79 Å². The zero-order valence-corrected chi connectivity index (χ0v) is 16.9. The lowest BCUT2D eigenvalue weighted by Crippen LogP contribution is -2.17. The number of carbonyl (C=O) groups is 1. The Hall–Kier alpha value is -3.08. The maximum Gasteiger partial charge on any atom is 0.573 e. The first-order valence-corrected chi connectivity index (χ1v) is 9.47. The minimum Gasteiger partial charge on any atom is -0.465 e. The molecule has 1 atom stereocenters. The van der Waals surface area contributed by atoms with Crippen molar-refractivity contribution < 1.29 is 27.4 Å². The van der Waals surface area contributed by atoms with Crippen molar-refractivity contribution in [2.45, 2.75) is 30.6 Å². The molecule has 0 amide bonds. The first-order valence-electron chi connectivity index (χ1n) is 8.59. The van der Waals surface area contributed by atoms with Crippen LogP contribution in [-0.2, 0) is 4.74 Å². The second-order valence-corrected chi connectivity index (χ2v) is 7.58. The molecule has 7 nitrogen and oxygen atoms in total. The van der Waals surface area contributed by atoms with Crippen molar-refractivity contribution in [1.29, 1.82) is 0 Å². The van der Waals surface area contributed by atoms with Crippen LogP contribution in [0, 0.1) is 6.92 Å². The van der Waals surface area contributed by atoms with Crippen LogP contribution in [0.5, 0.6) is 5.75 Å². The third-order valence-corrected chi connectivity index (χ3v) is 5.10. The largest absolute Gasteiger partial charge is 0.573 e. The van der Waals surface area contributed by atoms with Crippen molar-refractivity contribution in [3.05, 3.63) is 57.5 Å². The van der Waals surface area contributed by atoms with Crippen molar-refractivity contribution in [2.75, 3.05) is 7.11 Å². The number of nitrogens with one attached hydrogen (secondary N) is 1. The number of thioether (sulfide) groups is 1. The molecule has 1 aromatic carbocycles. The molecule has 0 fully saturated rings. The predicted octanol–water partition coefficient (Wildman–Crippen LogP) is 4.17. The number of H-pyrrole nitrogens is 1. The number of aromatic amines is 1. The van der Waals surface area contributed by atoms with E-state index in [0.29, 0.717) is 11.3 Å². The lowest BCUT2D eigenvalue weighted by molar-refractivity contribution is -0.274. The number of aryl methyl sites for hydroxylation is 1. The van der Waals surface area contributed by atoms with Crippen LogP contribution in [0.4, 0.5) is 13.2 Å². The smallest absolute Gasteiger partial charge is 0.465 e. The van der Waals surface area contributed by atoms with E-state index in [2.05, 4.69) is 19.7 Å². The van der Waals surface area contributed by atoms with Gasteiger partial charge < -0.3 is 14.5 Å². The molecule has 0 saturated heterocycles. The zero-order valence-electron chi connectivity index (χ0n) is 16.0. The molecule has 3 aromatic rings. The number of rotatable bonds is 5. The molecule has 158 valence electrons. The zero-order chi connectivity index (χ0) is 22.1. The van der Waals surface area contributed by atoms with Crippen molar-refractivity contribution in [2.24, 2.45) is 0 Å². The molecular formula is C19H16F3N3O4S. The Labute approximate surface area is 172 Å². The molecule has 11 heteroatoms. The fourth-order valence-electron chi connectivity index (χ4n) is 2.75. The van der Waals surface area contributed by atoms with Gasteiger partial charge in [0.2, 0.25) is 0 Å². The number of nitrogens with zero attached hydrogens (tertiary/aromatic N) is 2. The average molecular weight is 439 g/mol. The van der Waals surface area contributed by atoms with Gasteiger partial charge in [-0.15, -0.1) is 13.2 Å². The van der Waals surface area contributed by atoms with E-state index < -0.39 is 17.9 Å². The molecule has 30 heavy (non-hydrogen) atoms. The van der Waals surface area contributed by atoms with Gasteiger partial charge in [0.1, 0.15) is 5.75 Å². The number of ether oxygens (including phenoxy) is 2. The van der Waals surface area contributed by atoms with Crippen LogP contribution in [-0.4, -0.2) is 34.4 Å². The van der Waals surface area contributed by atoms with E-state index in [1.807, 2.05) is 0 Å². The van der Waals surface area contributed by atoms with E-state index >= 15 is 0 Å². The number of hydrogen-bond acceptors (Lipinski definition) is 7. The normalized spacial score (nSPS) is 12.6. The number of esters is 1. The van der Waals surface area contributed by atoms with Crippen molar-refractivity contribution >= 4 is 28.8 Å². The van der Waals surface area contributed by atoms with Crippen LogP contribution >= 0.6 is 11.8 Å². The fourth-order valence-corrected chi connectivity index (χ4v) is 3.67. The van der Waals surface area contributed by atoms with Gasteiger partial charge in [0.15, 0.2) is 10.8 Å². The molecule has 0 radical (unpaired) electrons. The maximum atomic E-state index is 12.6. The molecule has 3 rings (SSSR count). The van der Waals surface area contributed by atoms with Gasteiger partial charge in [-0.2, -0.15) is 0 Å². The van der Waals surface area contributed by atoms with Gasteiger partial charge >= 0.3 is 12.3 Å².